The topological polar surface area (TPSA) is 38.8 Å². The number of piperazine rings is 2. The summed E-state index contributed by atoms with van der Waals surface area (Å²) in [5.41, 5.74) is 0. The monoisotopic (exact) mass is 268 g/mol. The van der Waals surface area contributed by atoms with Gasteiger partial charge in [-0.15, -0.1) is 0 Å². The van der Waals surface area contributed by atoms with E-state index in [1.807, 2.05) is 4.90 Å². The summed E-state index contributed by atoms with van der Waals surface area (Å²) in [5, 5.41) is 3.40. The smallest absolute Gasteiger partial charge is 0.219 e. The molecule has 5 heteroatoms. The van der Waals surface area contributed by atoms with Crippen molar-refractivity contribution in [1.29, 1.82) is 0 Å². The second-order valence-corrected chi connectivity index (χ2v) is 5.77. The van der Waals surface area contributed by atoms with Gasteiger partial charge in [0.25, 0.3) is 0 Å². The van der Waals surface area contributed by atoms with E-state index in [2.05, 4.69) is 22.0 Å². The SMILES string of the molecule is CC(=O)N1CCN(CCC(C)N2CCNCC2)CC1. The van der Waals surface area contributed by atoms with E-state index in [-0.39, 0.29) is 5.91 Å². The van der Waals surface area contributed by atoms with Gasteiger partial charge in [-0.05, 0) is 19.9 Å². The van der Waals surface area contributed by atoms with Crippen molar-refractivity contribution in [3.63, 3.8) is 0 Å². The lowest BCUT2D eigenvalue weighted by atomic mass is 10.1. The van der Waals surface area contributed by atoms with Crippen LogP contribution in [-0.2, 0) is 4.79 Å². The van der Waals surface area contributed by atoms with Crippen LogP contribution in [0.3, 0.4) is 0 Å². The van der Waals surface area contributed by atoms with Crippen LogP contribution >= 0.6 is 0 Å². The molecular weight excluding hydrogens is 240 g/mol. The minimum atomic E-state index is 0.217. The third-order valence-electron chi connectivity index (χ3n) is 4.46. The van der Waals surface area contributed by atoms with Crippen molar-refractivity contribution in [3.05, 3.63) is 0 Å². The summed E-state index contributed by atoms with van der Waals surface area (Å²) in [4.78, 5) is 18.3. The molecular formula is C14H28N4O. The molecule has 0 aromatic heterocycles. The van der Waals surface area contributed by atoms with Gasteiger partial charge in [0, 0.05) is 65.3 Å². The van der Waals surface area contributed by atoms with Gasteiger partial charge in [0.2, 0.25) is 5.91 Å². The number of amides is 1. The Morgan fingerprint density at radius 1 is 1.11 bits per heavy atom. The Labute approximate surface area is 116 Å². The van der Waals surface area contributed by atoms with Crippen molar-refractivity contribution in [1.82, 2.24) is 20.0 Å². The zero-order chi connectivity index (χ0) is 13.7. The van der Waals surface area contributed by atoms with Gasteiger partial charge < -0.3 is 10.2 Å². The zero-order valence-electron chi connectivity index (χ0n) is 12.4. The Hall–Kier alpha value is -0.650. The van der Waals surface area contributed by atoms with Crippen LogP contribution in [0.2, 0.25) is 0 Å². The van der Waals surface area contributed by atoms with E-state index in [1.54, 1.807) is 6.92 Å². The summed E-state index contributed by atoms with van der Waals surface area (Å²) in [6.45, 7) is 13.7. The molecule has 0 aromatic rings. The molecule has 1 amide bonds. The summed E-state index contributed by atoms with van der Waals surface area (Å²) >= 11 is 0. The van der Waals surface area contributed by atoms with Crippen LogP contribution in [0.5, 0.6) is 0 Å². The molecule has 0 aliphatic carbocycles. The molecule has 2 saturated heterocycles. The molecule has 2 rings (SSSR count). The van der Waals surface area contributed by atoms with Gasteiger partial charge in [0.15, 0.2) is 0 Å². The first kappa shape index (κ1) is 14.8. The number of carbonyl (C=O) groups excluding carboxylic acids is 1. The molecule has 2 aliphatic heterocycles. The minimum Gasteiger partial charge on any atom is -0.340 e. The molecule has 5 nitrogen and oxygen atoms in total. The number of carbonyl (C=O) groups is 1. The second-order valence-electron chi connectivity index (χ2n) is 5.77. The first-order chi connectivity index (χ1) is 9.16. The first-order valence-electron chi connectivity index (χ1n) is 7.59. The van der Waals surface area contributed by atoms with Gasteiger partial charge in [0.05, 0.1) is 0 Å². The normalized spacial score (nSPS) is 24.4. The van der Waals surface area contributed by atoms with Crippen LogP contribution in [0, 0.1) is 0 Å². The third kappa shape index (κ3) is 4.44. The van der Waals surface area contributed by atoms with Crippen LogP contribution in [0.15, 0.2) is 0 Å². The number of nitrogens with one attached hydrogen (secondary N) is 1. The van der Waals surface area contributed by atoms with Gasteiger partial charge in [-0.1, -0.05) is 0 Å². The lowest BCUT2D eigenvalue weighted by molar-refractivity contribution is -0.130. The second kappa shape index (κ2) is 7.22. The average molecular weight is 268 g/mol. The fourth-order valence-corrected chi connectivity index (χ4v) is 2.96. The highest BCUT2D eigenvalue weighted by Gasteiger charge is 2.20. The Bertz CT molecular complexity index is 283. The highest BCUT2D eigenvalue weighted by atomic mass is 16.2. The number of hydrogen-bond donors (Lipinski definition) is 1. The molecule has 2 fully saturated rings. The predicted molar refractivity (Wildman–Crippen MR) is 77.2 cm³/mol. The third-order valence-corrected chi connectivity index (χ3v) is 4.46. The fraction of sp³-hybridized carbons (Fsp3) is 0.929. The largest absolute Gasteiger partial charge is 0.340 e. The average Bonchev–Trinajstić information content (AvgIpc) is 2.46. The molecule has 2 aliphatic rings. The molecule has 110 valence electrons. The molecule has 2 heterocycles. The molecule has 0 bridgehead atoms. The van der Waals surface area contributed by atoms with Crippen LogP contribution in [0.4, 0.5) is 0 Å². The van der Waals surface area contributed by atoms with E-state index in [0.717, 1.165) is 45.8 Å². The molecule has 0 saturated carbocycles. The lowest BCUT2D eigenvalue weighted by Gasteiger charge is -2.37. The van der Waals surface area contributed by atoms with Crippen molar-refractivity contribution in [2.45, 2.75) is 26.3 Å². The Morgan fingerprint density at radius 2 is 1.74 bits per heavy atom. The van der Waals surface area contributed by atoms with Crippen LogP contribution in [0.1, 0.15) is 20.3 Å². The van der Waals surface area contributed by atoms with E-state index in [0.29, 0.717) is 6.04 Å². The first-order valence-corrected chi connectivity index (χ1v) is 7.59. The zero-order valence-corrected chi connectivity index (χ0v) is 12.4. The fourth-order valence-electron chi connectivity index (χ4n) is 2.96. The summed E-state index contributed by atoms with van der Waals surface area (Å²) < 4.78 is 0. The summed E-state index contributed by atoms with van der Waals surface area (Å²) in [6.07, 6.45) is 1.24. The van der Waals surface area contributed by atoms with Gasteiger partial charge in [-0.25, -0.2) is 0 Å². The van der Waals surface area contributed by atoms with Crippen molar-refractivity contribution in [2.24, 2.45) is 0 Å². The predicted octanol–water partition coefficient (Wildman–Crippen LogP) is -0.166. The van der Waals surface area contributed by atoms with Crippen molar-refractivity contribution >= 4 is 5.91 Å². The number of rotatable bonds is 4. The Morgan fingerprint density at radius 3 is 2.32 bits per heavy atom. The number of nitrogens with zero attached hydrogens (tertiary/aromatic N) is 3. The minimum absolute atomic E-state index is 0.217. The van der Waals surface area contributed by atoms with Gasteiger partial charge >= 0.3 is 0 Å². The maximum atomic E-state index is 11.3. The highest BCUT2D eigenvalue weighted by molar-refractivity contribution is 5.73. The molecule has 19 heavy (non-hydrogen) atoms. The number of hydrogen-bond acceptors (Lipinski definition) is 4. The van der Waals surface area contributed by atoms with Crippen molar-refractivity contribution in [2.75, 3.05) is 58.9 Å². The van der Waals surface area contributed by atoms with E-state index < -0.39 is 0 Å². The quantitative estimate of drug-likeness (QED) is 0.769. The van der Waals surface area contributed by atoms with Crippen LogP contribution in [0.25, 0.3) is 0 Å². The molecule has 0 radical (unpaired) electrons. The van der Waals surface area contributed by atoms with E-state index in [9.17, 15) is 4.79 Å². The van der Waals surface area contributed by atoms with Crippen LogP contribution < -0.4 is 5.32 Å². The summed E-state index contributed by atoms with van der Waals surface area (Å²) in [7, 11) is 0. The molecule has 1 N–H and O–H groups in total. The Kier molecular flexibility index (Phi) is 5.60. The molecule has 1 atom stereocenters. The lowest BCUT2D eigenvalue weighted by Crippen LogP contribution is -2.50. The van der Waals surface area contributed by atoms with Crippen molar-refractivity contribution in [3.8, 4) is 0 Å². The molecule has 0 aromatic carbocycles. The maximum Gasteiger partial charge on any atom is 0.219 e. The van der Waals surface area contributed by atoms with E-state index in [4.69, 9.17) is 0 Å². The maximum absolute atomic E-state index is 11.3. The Balaban J connectivity index is 1.64. The van der Waals surface area contributed by atoms with E-state index >= 15 is 0 Å². The molecule has 1 unspecified atom stereocenters. The summed E-state index contributed by atoms with van der Waals surface area (Å²) in [5.74, 6) is 0.217. The standard InChI is InChI=1S/C14H28N4O/c1-13(17-7-4-15-5-8-17)3-6-16-9-11-18(12-10-16)14(2)19/h13,15H,3-12H2,1-2H3. The van der Waals surface area contributed by atoms with Gasteiger partial charge in [-0.2, -0.15) is 0 Å². The van der Waals surface area contributed by atoms with Crippen LogP contribution in [-0.4, -0.2) is 85.6 Å². The highest BCUT2D eigenvalue weighted by Crippen LogP contribution is 2.08. The molecule has 0 spiro atoms. The van der Waals surface area contributed by atoms with Gasteiger partial charge in [-0.3, -0.25) is 14.6 Å². The van der Waals surface area contributed by atoms with Crippen molar-refractivity contribution < 1.29 is 4.79 Å². The summed E-state index contributed by atoms with van der Waals surface area (Å²) in [6, 6.07) is 0.674. The van der Waals surface area contributed by atoms with E-state index in [1.165, 1.54) is 19.5 Å². The van der Waals surface area contributed by atoms with Gasteiger partial charge in [0.1, 0.15) is 0 Å².